The second kappa shape index (κ2) is 2.59. The van der Waals surface area contributed by atoms with Crippen LogP contribution in [0.1, 0.15) is 0 Å². The van der Waals surface area contributed by atoms with E-state index in [0.29, 0.717) is 17.2 Å². The monoisotopic (exact) mass is 187 g/mol. The van der Waals surface area contributed by atoms with Crippen LogP contribution < -0.4 is 0 Å². The van der Waals surface area contributed by atoms with Crippen molar-refractivity contribution in [2.45, 2.75) is 0 Å². The number of aromatic amines is 1. The van der Waals surface area contributed by atoms with E-state index in [1.807, 2.05) is 0 Å². The van der Waals surface area contributed by atoms with Gasteiger partial charge in [-0.1, -0.05) is 0 Å². The van der Waals surface area contributed by atoms with E-state index in [0.717, 1.165) is 5.52 Å². The maximum atomic E-state index is 4.79. The Morgan fingerprint density at radius 2 is 2.43 bits per heavy atom. The second-order valence-corrected chi connectivity index (χ2v) is 2.56. The van der Waals surface area contributed by atoms with Crippen molar-refractivity contribution in [3.05, 3.63) is 18.7 Å². The predicted octanol–water partition coefficient (Wildman–Crippen LogP) is 0.203. The molecule has 14 heavy (non-hydrogen) atoms. The Bertz CT molecular complexity index is 523. The van der Waals surface area contributed by atoms with Crippen molar-refractivity contribution in [1.82, 2.24) is 30.3 Å². The lowest BCUT2D eigenvalue weighted by atomic mass is 10.5. The Balaban J connectivity index is 2.24. The molecule has 3 aromatic rings. The van der Waals surface area contributed by atoms with Crippen molar-refractivity contribution < 1.29 is 4.52 Å². The largest absolute Gasteiger partial charge is 0.333 e. The molecule has 0 aromatic carbocycles. The zero-order chi connectivity index (χ0) is 9.38. The van der Waals surface area contributed by atoms with Crippen molar-refractivity contribution in [2.75, 3.05) is 0 Å². The minimum Gasteiger partial charge on any atom is -0.333 e. The molecule has 3 aromatic heterocycles. The summed E-state index contributed by atoms with van der Waals surface area (Å²) in [6, 6.07) is 0. The second-order valence-electron chi connectivity index (χ2n) is 2.56. The van der Waals surface area contributed by atoms with E-state index in [-0.39, 0.29) is 0 Å². The summed E-state index contributed by atoms with van der Waals surface area (Å²) in [7, 11) is 0. The number of H-pyrrole nitrogens is 1. The van der Waals surface area contributed by atoms with Gasteiger partial charge in [0.1, 0.15) is 11.8 Å². The predicted molar refractivity (Wildman–Crippen MR) is 43.8 cm³/mol. The van der Waals surface area contributed by atoms with Gasteiger partial charge in [-0.2, -0.15) is 0 Å². The molecule has 1 radical (unpaired) electrons. The van der Waals surface area contributed by atoms with Crippen molar-refractivity contribution >= 4 is 11.2 Å². The molecule has 0 aliphatic heterocycles. The average Bonchev–Trinajstić information content (AvgIpc) is 2.86. The van der Waals surface area contributed by atoms with Gasteiger partial charge in [0.05, 0.1) is 6.20 Å². The lowest BCUT2D eigenvalue weighted by molar-refractivity contribution is 0.402. The van der Waals surface area contributed by atoms with Gasteiger partial charge in [-0.05, 0) is 0 Å². The molecule has 0 atom stereocenters. The van der Waals surface area contributed by atoms with Crippen LogP contribution in [0.4, 0.5) is 0 Å². The summed E-state index contributed by atoms with van der Waals surface area (Å²) in [5.74, 6) is 0.841. The van der Waals surface area contributed by atoms with Gasteiger partial charge in [0.2, 0.25) is 5.76 Å². The third kappa shape index (κ3) is 0.954. The summed E-state index contributed by atoms with van der Waals surface area (Å²) in [5, 5.41) is 6.72. The highest BCUT2D eigenvalue weighted by Crippen LogP contribution is 2.15. The smallest absolute Gasteiger partial charge is 0.232 e. The molecule has 7 heteroatoms. The molecule has 67 valence electrons. The third-order valence-corrected chi connectivity index (χ3v) is 1.70. The van der Waals surface area contributed by atoms with Crippen LogP contribution in [0, 0.1) is 6.20 Å². The first-order valence-electron chi connectivity index (χ1n) is 3.79. The molecule has 3 heterocycles. The molecule has 0 bridgehead atoms. The van der Waals surface area contributed by atoms with Crippen molar-refractivity contribution in [1.29, 1.82) is 0 Å². The van der Waals surface area contributed by atoms with Crippen molar-refractivity contribution in [3.63, 3.8) is 0 Å². The molecule has 0 spiro atoms. The molecule has 0 saturated carbocycles. The van der Waals surface area contributed by atoms with E-state index in [1.165, 1.54) is 6.33 Å². The Morgan fingerprint density at radius 3 is 3.21 bits per heavy atom. The number of aromatic nitrogens is 6. The van der Waals surface area contributed by atoms with E-state index in [2.05, 4.69) is 36.5 Å². The molecule has 0 saturated heterocycles. The lowest BCUT2D eigenvalue weighted by Gasteiger charge is -1.81. The first-order chi connectivity index (χ1) is 6.93. The lowest BCUT2D eigenvalue weighted by Crippen LogP contribution is -1.77. The van der Waals surface area contributed by atoms with Crippen LogP contribution in [-0.2, 0) is 0 Å². The number of hydrogen-bond donors (Lipinski definition) is 1. The average molecular weight is 187 g/mol. The minimum absolute atomic E-state index is 0.350. The van der Waals surface area contributed by atoms with Gasteiger partial charge in [0, 0.05) is 5.27 Å². The summed E-state index contributed by atoms with van der Waals surface area (Å²) in [4.78, 5) is 14.9. The quantitative estimate of drug-likeness (QED) is 0.585. The minimum atomic E-state index is 0.350. The highest BCUT2D eigenvalue weighted by Gasteiger charge is 2.09. The molecule has 0 aliphatic carbocycles. The molecule has 0 aliphatic rings. The Morgan fingerprint density at radius 1 is 1.43 bits per heavy atom. The van der Waals surface area contributed by atoms with Crippen molar-refractivity contribution in [2.24, 2.45) is 0 Å². The van der Waals surface area contributed by atoms with Gasteiger partial charge >= 0.3 is 0 Å². The molecule has 0 amide bonds. The first kappa shape index (κ1) is 7.13. The summed E-state index contributed by atoms with van der Waals surface area (Å²) in [6.45, 7) is 0. The normalized spacial score (nSPS) is 10.9. The molecule has 1 N–H and O–H groups in total. The van der Waals surface area contributed by atoms with Gasteiger partial charge in [-0.15, -0.1) is 5.10 Å². The van der Waals surface area contributed by atoms with Gasteiger partial charge < -0.3 is 9.51 Å². The van der Waals surface area contributed by atoms with Gasteiger partial charge in [-0.25, -0.2) is 15.0 Å². The molecular weight excluding hydrogens is 184 g/mol. The Labute approximate surface area is 77.2 Å². The zero-order valence-electron chi connectivity index (χ0n) is 6.80. The molecule has 7 nitrogen and oxygen atoms in total. The number of imidazole rings is 1. The Hall–Kier alpha value is -2.31. The number of nitrogens with zero attached hydrogens (tertiary/aromatic N) is 5. The van der Waals surface area contributed by atoms with Gasteiger partial charge in [0.25, 0.3) is 0 Å². The summed E-state index contributed by atoms with van der Waals surface area (Å²) >= 11 is 0. The highest BCUT2D eigenvalue weighted by molar-refractivity contribution is 5.72. The summed E-state index contributed by atoms with van der Waals surface area (Å²) < 4.78 is 4.79. The van der Waals surface area contributed by atoms with E-state index in [9.17, 15) is 0 Å². The number of fused-ring (bicyclic) bond motifs is 1. The molecule has 0 fully saturated rings. The van der Waals surface area contributed by atoms with E-state index < -0.39 is 0 Å². The van der Waals surface area contributed by atoms with Crippen LogP contribution in [0.5, 0.6) is 0 Å². The van der Waals surface area contributed by atoms with Crippen LogP contribution in [0.2, 0.25) is 0 Å². The van der Waals surface area contributed by atoms with E-state index >= 15 is 0 Å². The van der Waals surface area contributed by atoms with Crippen LogP contribution >= 0.6 is 0 Å². The molecule has 0 unspecified atom stereocenters. The maximum absolute atomic E-state index is 4.79. The van der Waals surface area contributed by atoms with E-state index in [4.69, 9.17) is 4.52 Å². The maximum Gasteiger partial charge on any atom is 0.232 e. The highest BCUT2D eigenvalue weighted by atomic mass is 16.5. The van der Waals surface area contributed by atoms with Gasteiger partial charge in [-0.3, -0.25) is 0 Å². The number of rotatable bonds is 1. The SMILES string of the molecule is [c]1nnoc1-c1nc2ncncc2[nH]1. The number of hydrogen-bond acceptors (Lipinski definition) is 6. The number of nitrogens with one attached hydrogen (secondary N) is 1. The topological polar surface area (TPSA) is 93.4 Å². The Kier molecular flexibility index (Phi) is 1.32. The fraction of sp³-hybridized carbons (Fsp3) is 0. The summed E-state index contributed by atoms with van der Waals surface area (Å²) in [6.07, 6.45) is 5.60. The van der Waals surface area contributed by atoms with Crippen LogP contribution in [0.15, 0.2) is 17.0 Å². The first-order valence-corrected chi connectivity index (χ1v) is 3.79. The fourth-order valence-corrected chi connectivity index (χ4v) is 1.11. The zero-order valence-corrected chi connectivity index (χ0v) is 6.80. The van der Waals surface area contributed by atoms with Crippen LogP contribution in [-0.4, -0.2) is 30.3 Å². The standard InChI is InChI=1S/C7H3N6O/c1-4-6(9-3-8-1)12-7(11-4)5-2-10-13-14-5/h1,3H,(H,8,9,11,12). The van der Waals surface area contributed by atoms with Crippen LogP contribution in [0.25, 0.3) is 22.7 Å². The van der Waals surface area contributed by atoms with Crippen molar-refractivity contribution in [3.8, 4) is 11.6 Å². The summed E-state index contributed by atoms with van der Waals surface area (Å²) in [5.41, 5.74) is 1.30. The molecular formula is C7H3N6O. The molecule has 3 rings (SSSR count). The van der Waals surface area contributed by atoms with Crippen LogP contribution in [0.3, 0.4) is 0 Å². The fourth-order valence-electron chi connectivity index (χ4n) is 1.11. The third-order valence-electron chi connectivity index (χ3n) is 1.70. The van der Waals surface area contributed by atoms with Gasteiger partial charge in [0.15, 0.2) is 17.7 Å². The van der Waals surface area contributed by atoms with E-state index in [1.54, 1.807) is 6.20 Å².